The van der Waals surface area contributed by atoms with Crippen LogP contribution in [-0.2, 0) is 11.3 Å². The van der Waals surface area contributed by atoms with E-state index in [4.69, 9.17) is 0 Å². The van der Waals surface area contributed by atoms with Crippen LogP contribution < -0.4 is 10.6 Å². The molecule has 6 heteroatoms. The number of nitrogens with one attached hydrogen (secondary N) is 2. The van der Waals surface area contributed by atoms with E-state index in [1.807, 2.05) is 0 Å². The summed E-state index contributed by atoms with van der Waals surface area (Å²) in [5.74, 6) is 1.45. The molecule has 2 N–H and O–H groups in total. The fourth-order valence-electron chi connectivity index (χ4n) is 4.30. The summed E-state index contributed by atoms with van der Waals surface area (Å²) in [4.78, 5) is 19.2. The van der Waals surface area contributed by atoms with Gasteiger partial charge in [0.25, 0.3) is 0 Å². The van der Waals surface area contributed by atoms with Crippen LogP contribution in [0.2, 0.25) is 0 Å². The van der Waals surface area contributed by atoms with Gasteiger partial charge in [-0.3, -0.25) is 9.79 Å². The molecule has 1 saturated carbocycles. The van der Waals surface area contributed by atoms with Crippen LogP contribution in [0.3, 0.4) is 0 Å². The molecular weight excluding hydrogens is 463 g/mol. The molecule has 2 aliphatic rings. The van der Waals surface area contributed by atoms with E-state index in [1.54, 1.807) is 7.05 Å². The minimum atomic E-state index is 0. The van der Waals surface area contributed by atoms with Gasteiger partial charge in [0.05, 0.1) is 0 Å². The number of carbonyl (C=O) groups excluding carboxylic acids is 1. The summed E-state index contributed by atoms with van der Waals surface area (Å²) in [6.45, 7) is 6.67. The number of aliphatic imine (C=N–C) groups is 1. The van der Waals surface area contributed by atoms with Crippen molar-refractivity contribution in [2.45, 2.75) is 65.0 Å². The highest BCUT2D eigenvalue weighted by Crippen LogP contribution is 2.26. The molecule has 0 radical (unpaired) electrons. The van der Waals surface area contributed by atoms with Gasteiger partial charge in [-0.1, -0.05) is 43.0 Å². The van der Waals surface area contributed by atoms with Gasteiger partial charge in [-0.2, -0.15) is 0 Å². The number of guanidine groups is 1. The van der Waals surface area contributed by atoms with Crippen molar-refractivity contribution in [3.63, 3.8) is 0 Å². The van der Waals surface area contributed by atoms with Gasteiger partial charge in [0.1, 0.15) is 0 Å². The number of nitrogens with zero attached hydrogens (tertiary/aromatic N) is 2. The van der Waals surface area contributed by atoms with Gasteiger partial charge in [0, 0.05) is 38.6 Å². The maximum atomic E-state index is 12.7. The highest BCUT2D eigenvalue weighted by molar-refractivity contribution is 14.0. The number of likely N-dealkylation sites (tertiary alicyclic amines) is 1. The first-order valence-corrected chi connectivity index (χ1v) is 10.4. The smallest absolute Gasteiger partial charge is 0.225 e. The third kappa shape index (κ3) is 6.09. The van der Waals surface area contributed by atoms with E-state index in [2.05, 4.69) is 52.6 Å². The molecule has 1 aliphatic heterocycles. The summed E-state index contributed by atoms with van der Waals surface area (Å²) in [6.07, 6.45) is 6.85. The van der Waals surface area contributed by atoms with E-state index in [1.165, 1.54) is 36.0 Å². The minimum Gasteiger partial charge on any atom is -0.352 e. The second-order valence-corrected chi connectivity index (χ2v) is 8.10. The number of amides is 1. The lowest BCUT2D eigenvalue weighted by Gasteiger charge is -2.26. The Labute approximate surface area is 186 Å². The number of rotatable bonds is 4. The summed E-state index contributed by atoms with van der Waals surface area (Å²) in [7, 11) is 1.80. The van der Waals surface area contributed by atoms with Crippen molar-refractivity contribution in [1.82, 2.24) is 15.5 Å². The first-order chi connectivity index (χ1) is 13.1. The number of hydrogen-bond acceptors (Lipinski definition) is 2. The van der Waals surface area contributed by atoms with Crippen LogP contribution in [0, 0.1) is 19.8 Å². The quantitative estimate of drug-likeness (QED) is 0.378. The first kappa shape index (κ1) is 23.0. The first-order valence-electron chi connectivity index (χ1n) is 10.4. The lowest BCUT2D eigenvalue weighted by atomic mass is 9.88. The molecule has 1 aromatic rings. The van der Waals surface area contributed by atoms with Crippen molar-refractivity contribution in [3.05, 3.63) is 34.9 Å². The topological polar surface area (TPSA) is 56.7 Å². The number of aryl methyl sites for hydroxylation is 2. The normalized spacial score (nSPS) is 20.6. The zero-order valence-corrected chi connectivity index (χ0v) is 19.8. The summed E-state index contributed by atoms with van der Waals surface area (Å²) >= 11 is 0. The van der Waals surface area contributed by atoms with E-state index in [0.717, 1.165) is 44.9 Å². The lowest BCUT2D eigenvalue weighted by molar-refractivity contribution is -0.135. The molecular formula is C22H35IN4O. The molecule has 156 valence electrons. The molecule has 1 amide bonds. The predicted molar refractivity (Wildman–Crippen MR) is 126 cm³/mol. The Morgan fingerprint density at radius 1 is 1.18 bits per heavy atom. The summed E-state index contributed by atoms with van der Waals surface area (Å²) in [5.41, 5.74) is 3.86. The van der Waals surface area contributed by atoms with Crippen molar-refractivity contribution >= 4 is 35.8 Å². The Hall–Kier alpha value is -1.31. The van der Waals surface area contributed by atoms with Crippen LogP contribution in [0.4, 0.5) is 0 Å². The molecule has 0 spiro atoms. The fourth-order valence-corrected chi connectivity index (χ4v) is 4.30. The predicted octanol–water partition coefficient (Wildman–Crippen LogP) is 3.77. The van der Waals surface area contributed by atoms with Gasteiger partial charge >= 0.3 is 0 Å². The van der Waals surface area contributed by atoms with E-state index in [0.29, 0.717) is 5.91 Å². The van der Waals surface area contributed by atoms with Crippen LogP contribution in [-0.4, -0.2) is 42.9 Å². The van der Waals surface area contributed by atoms with E-state index in [-0.39, 0.29) is 35.9 Å². The number of hydrogen-bond donors (Lipinski definition) is 2. The molecule has 1 atom stereocenters. The number of halogens is 1. The highest BCUT2D eigenvalue weighted by Gasteiger charge is 2.31. The maximum Gasteiger partial charge on any atom is 0.225 e. The van der Waals surface area contributed by atoms with E-state index in [9.17, 15) is 4.79 Å². The van der Waals surface area contributed by atoms with Crippen LogP contribution in [0.15, 0.2) is 23.2 Å². The Morgan fingerprint density at radius 2 is 1.93 bits per heavy atom. The van der Waals surface area contributed by atoms with Gasteiger partial charge in [-0.15, -0.1) is 24.0 Å². The van der Waals surface area contributed by atoms with Crippen LogP contribution in [0.25, 0.3) is 0 Å². The molecule has 1 saturated heterocycles. The largest absolute Gasteiger partial charge is 0.352 e. The van der Waals surface area contributed by atoms with Crippen LogP contribution >= 0.6 is 24.0 Å². The number of carbonyl (C=O) groups is 1. The van der Waals surface area contributed by atoms with Gasteiger partial charge in [0.15, 0.2) is 5.96 Å². The van der Waals surface area contributed by atoms with Gasteiger partial charge < -0.3 is 15.5 Å². The maximum absolute atomic E-state index is 12.7. The second kappa shape index (κ2) is 11.0. The van der Waals surface area contributed by atoms with E-state index < -0.39 is 0 Å². The van der Waals surface area contributed by atoms with Gasteiger partial charge in [0.2, 0.25) is 5.91 Å². The number of benzene rings is 1. The minimum absolute atomic E-state index is 0. The molecule has 2 fully saturated rings. The van der Waals surface area contributed by atoms with Crippen molar-refractivity contribution in [1.29, 1.82) is 0 Å². The van der Waals surface area contributed by atoms with Crippen molar-refractivity contribution in [2.24, 2.45) is 10.9 Å². The van der Waals surface area contributed by atoms with Crippen LogP contribution in [0.1, 0.15) is 55.2 Å². The monoisotopic (exact) mass is 498 g/mol. The third-order valence-electron chi connectivity index (χ3n) is 5.96. The molecule has 1 unspecified atom stereocenters. The SMILES string of the molecule is CN=C(NCc1ccc(C)cc1C)NC1CCN(C(=O)C2CCCCC2)C1.I. The molecule has 1 heterocycles. The summed E-state index contributed by atoms with van der Waals surface area (Å²) in [6, 6.07) is 6.80. The van der Waals surface area contributed by atoms with Crippen molar-refractivity contribution in [2.75, 3.05) is 20.1 Å². The molecule has 1 aliphatic carbocycles. The summed E-state index contributed by atoms with van der Waals surface area (Å²) in [5, 5.41) is 6.92. The molecule has 5 nitrogen and oxygen atoms in total. The van der Waals surface area contributed by atoms with Gasteiger partial charge in [-0.05, 0) is 44.2 Å². The fraction of sp³-hybridized carbons (Fsp3) is 0.636. The van der Waals surface area contributed by atoms with Crippen molar-refractivity contribution < 1.29 is 4.79 Å². The Kier molecular flexibility index (Phi) is 9.05. The average Bonchev–Trinajstić information content (AvgIpc) is 3.15. The van der Waals surface area contributed by atoms with E-state index >= 15 is 0 Å². The van der Waals surface area contributed by atoms with Gasteiger partial charge in [-0.25, -0.2) is 0 Å². The highest BCUT2D eigenvalue weighted by atomic mass is 127. The Morgan fingerprint density at radius 3 is 2.61 bits per heavy atom. The molecule has 1 aromatic carbocycles. The average molecular weight is 498 g/mol. The zero-order valence-electron chi connectivity index (χ0n) is 17.5. The molecule has 3 rings (SSSR count). The standard InChI is InChI=1S/C22H34N4O.HI/c1-16-9-10-19(17(2)13-16)14-24-22(23-3)25-20-11-12-26(15-20)21(27)18-7-5-4-6-8-18;/h9-10,13,18,20H,4-8,11-12,14-15H2,1-3H3,(H2,23,24,25);1H. The Balaban J connectivity index is 0.00000280. The van der Waals surface area contributed by atoms with Crippen molar-refractivity contribution in [3.8, 4) is 0 Å². The molecule has 0 bridgehead atoms. The molecule has 28 heavy (non-hydrogen) atoms. The Bertz CT molecular complexity index is 685. The lowest BCUT2D eigenvalue weighted by Crippen LogP contribution is -2.45. The third-order valence-corrected chi connectivity index (χ3v) is 5.96. The molecule has 0 aromatic heterocycles. The zero-order chi connectivity index (χ0) is 19.2. The van der Waals surface area contributed by atoms with Crippen LogP contribution in [0.5, 0.6) is 0 Å². The summed E-state index contributed by atoms with van der Waals surface area (Å²) < 4.78 is 0. The second-order valence-electron chi connectivity index (χ2n) is 8.10.